The second-order valence-corrected chi connectivity index (χ2v) is 16.2. The molecule has 8 rings (SSSR count). The summed E-state index contributed by atoms with van der Waals surface area (Å²) < 4.78 is 0. The molecule has 0 aromatic heterocycles. The van der Waals surface area contributed by atoms with Crippen molar-refractivity contribution in [1.29, 1.82) is 0 Å². The van der Waals surface area contributed by atoms with Gasteiger partial charge in [-0.1, -0.05) is 206 Å². The van der Waals surface area contributed by atoms with Gasteiger partial charge in [-0.15, -0.1) is 0 Å². The van der Waals surface area contributed by atoms with Gasteiger partial charge in [0.2, 0.25) is 0 Å². The van der Waals surface area contributed by atoms with E-state index in [-0.39, 0.29) is 0 Å². The molecule has 0 atom stereocenters. The third kappa shape index (κ3) is 10.1. The van der Waals surface area contributed by atoms with Crippen LogP contribution in [0.5, 0.6) is 11.5 Å². The Kier molecular flexibility index (Phi) is 13.2. The predicted molar refractivity (Wildman–Crippen MR) is 226 cm³/mol. The van der Waals surface area contributed by atoms with E-state index in [2.05, 4.69) is 146 Å². The summed E-state index contributed by atoms with van der Waals surface area (Å²) in [4.78, 5) is 0. The Balaban J connectivity index is 0.000000138. The molecule has 0 saturated carbocycles. The minimum atomic E-state index is -0.569. The fraction of sp³-hybridized carbons (Fsp3) is 0. The van der Waals surface area contributed by atoms with Crippen molar-refractivity contribution < 1.29 is 10.2 Å². The first kappa shape index (κ1) is 36.0. The monoisotopic (exact) mass is 710 g/mol. The Bertz CT molecular complexity index is 1920. The molecule has 0 aliphatic heterocycles. The van der Waals surface area contributed by atoms with Gasteiger partial charge in [0, 0.05) is 0 Å². The van der Waals surface area contributed by atoms with Gasteiger partial charge >= 0.3 is 0 Å². The molecule has 254 valence electrons. The van der Waals surface area contributed by atoms with Crippen molar-refractivity contribution in [3.05, 3.63) is 231 Å². The molecule has 0 amide bonds. The molecule has 2 nitrogen and oxygen atoms in total. The van der Waals surface area contributed by atoms with E-state index in [0.29, 0.717) is 11.5 Å². The van der Waals surface area contributed by atoms with Crippen molar-refractivity contribution in [3.8, 4) is 22.6 Å². The quantitative estimate of drug-likeness (QED) is 0.162. The second-order valence-electron chi connectivity index (χ2n) is 11.8. The zero-order valence-electron chi connectivity index (χ0n) is 28.7. The molecule has 8 aromatic carbocycles. The first-order chi connectivity index (χ1) is 25.7. The highest BCUT2D eigenvalue weighted by atomic mass is 31.1. The molecule has 0 unspecified atom stereocenters. The maximum atomic E-state index is 9.49. The van der Waals surface area contributed by atoms with Gasteiger partial charge in [-0.2, -0.15) is 0 Å². The van der Waals surface area contributed by atoms with Crippen LogP contribution in [0, 0.1) is 0 Å². The van der Waals surface area contributed by atoms with E-state index in [4.69, 9.17) is 0 Å². The molecule has 8 aromatic rings. The SMILES string of the molecule is Oc1ccc(P(c2ccccc2)c2ccccc2)cc1.Oc1ccc(P(c2ccccc2)c2ccccc2)cc1.c1ccc(-c2ccccc2)cc1. The molecule has 0 radical (unpaired) electrons. The lowest BCUT2D eigenvalue weighted by Crippen LogP contribution is -2.20. The number of rotatable bonds is 7. The maximum Gasteiger partial charge on any atom is 0.115 e. The zero-order valence-corrected chi connectivity index (χ0v) is 30.5. The van der Waals surface area contributed by atoms with Gasteiger partial charge in [-0.3, -0.25) is 0 Å². The van der Waals surface area contributed by atoms with Gasteiger partial charge in [0.25, 0.3) is 0 Å². The molecule has 2 N–H and O–H groups in total. The van der Waals surface area contributed by atoms with Crippen molar-refractivity contribution in [1.82, 2.24) is 0 Å². The van der Waals surface area contributed by atoms with E-state index in [1.165, 1.54) is 43.0 Å². The number of phenolic OH excluding ortho intramolecular Hbond substituents is 2. The fourth-order valence-electron chi connectivity index (χ4n) is 5.67. The smallest absolute Gasteiger partial charge is 0.115 e. The maximum absolute atomic E-state index is 9.49. The molecular weight excluding hydrogens is 670 g/mol. The molecule has 0 spiro atoms. The van der Waals surface area contributed by atoms with Gasteiger partial charge in [-0.25, -0.2) is 0 Å². The van der Waals surface area contributed by atoms with Crippen LogP contribution in [0.3, 0.4) is 0 Å². The van der Waals surface area contributed by atoms with Gasteiger partial charge < -0.3 is 10.2 Å². The number of aromatic hydroxyl groups is 2. The Morgan fingerprint density at radius 2 is 0.404 bits per heavy atom. The number of hydrogen-bond acceptors (Lipinski definition) is 2. The lowest BCUT2D eigenvalue weighted by atomic mass is 10.1. The summed E-state index contributed by atoms with van der Waals surface area (Å²) in [6.07, 6.45) is 0. The fourth-order valence-corrected chi connectivity index (χ4v) is 10.2. The summed E-state index contributed by atoms with van der Waals surface area (Å²) in [6.45, 7) is 0. The third-order valence-electron chi connectivity index (χ3n) is 8.15. The topological polar surface area (TPSA) is 40.5 Å². The van der Waals surface area contributed by atoms with Crippen molar-refractivity contribution in [2.75, 3.05) is 0 Å². The van der Waals surface area contributed by atoms with E-state index in [1.54, 1.807) is 24.3 Å². The Morgan fingerprint density at radius 1 is 0.212 bits per heavy atom. The number of phenols is 2. The van der Waals surface area contributed by atoms with E-state index < -0.39 is 15.8 Å². The lowest BCUT2D eigenvalue weighted by Gasteiger charge is -2.19. The van der Waals surface area contributed by atoms with Gasteiger partial charge in [0.05, 0.1) is 0 Å². The van der Waals surface area contributed by atoms with Gasteiger partial charge in [0.1, 0.15) is 11.5 Å². The predicted octanol–water partition coefficient (Wildman–Crippen LogP) is 9.65. The molecule has 0 heterocycles. The van der Waals surface area contributed by atoms with Crippen molar-refractivity contribution in [2.45, 2.75) is 0 Å². The molecule has 52 heavy (non-hydrogen) atoms. The average Bonchev–Trinajstić information content (AvgIpc) is 3.22. The van der Waals surface area contributed by atoms with Crippen LogP contribution in [0.25, 0.3) is 11.1 Å². The first-order valence-electron chi connectivity index (χ1n) is 17.1. The number of benzene rings is 8. The van der Waals surface area contributed by atoms with Crippen LogP contribution in [-0.2, 0) is 0 Å². The van der Waals surface area contributed by atoms with Crippen molar-refractivity contribution in [2.24, 2.45) is 0 Å². The van der Waals surface area contributed by atoms with Crippen LogP contribution >= 0.6 is 15.8 Å². The first-order valence-corrected chi connectivity index (χ1v) is 19.8. The minimum absolute atomic E-state index is 0.310. The van der Waals surface area contributed by atoms with Gasteiger partial charge in [-0.05, 0) is 83.1 Å². The second kappa shape index (κ2) is 19.0. The zero-order chi connectivity index (χ0) is 35.8. The summed E-state index contributed by atoms with van der Waals surface area (Å²) in [5.41, 5.74) is 2.55. The van der Waals surface area contributed by atoms with Crippen molar-refractivity contribution >= 4 is 47.7 Å². The molecule has 4 heteroatoms. The van der Waals surface area contributed by atoms with Crippen LogP contribution in [0.4, 0.5) is 0 Å². The standard InChI is InChI=1S/2C18H15OP.C12H10/c2*19-15-11-13-18(14-12-15)20(16-7-3-1-4-8-16)17-9-5-2-6-10-17;1-3-7-11(8-4-1)12-9-5-2-6-10-12/h2*1-14,19H;1-10H. The summed E-state index contributed by atoms with van der Waals surface area (Å²) in [5.74, 6) is 0.620. The lowest BCUT2D eigenvalue weighted by molar-refractivity contribution is 0.475. The molecular formula is C48H40O2P2. The molecule has 0 fully saturated rings. The normalized spacial score (nSPS) is 10.4. The summed E-state index contributed by atoms with van der Waals surface area (Å²) in [6, 6.07) is 78.0. The average molecular weight is 711 g/mol. The molecule has 0 aliphatic rings. The van der Waals surface area contributed by atoms with E-state index in [0.717, 1.165) is 0 Å². The minimum Gasteiger partial charge on any atom is -0.508 e. The Labute approximate surface area is 309 Å². The van der Waals surface area contributed by atoms with E-state index in [9.17, 15) is 10.2 Å². The largest absolute Gasteiger partial charge is 0.508 e. The van der Waals surface area contributed by atoms with Crippen LogP contribution in [0.15, 0.2) is 231 Å². The summed E-state index contributed by atoms with van der Waals surface area (Å²) in [5, 5.41) is 26.7. The van der Waals surface area contributed by atoms with Crippen LogP contribution in [-0.4, -0.2) is 10.2 Å². The Hall–Kier alpha value is -5.78. The van der Waals surface area contributed by atoms with E-state index >= 15 is 0 Å². The van der Waals surface area contributed by atoms with Gasteiger partial charge in [0.15, 0.2) is 0 Å². The highest BCUT2D eigenvalue weighted by molar-refractivity contribution is 7.80. The summed E-state index contributed by atoms with van der Waals surface area (Å²) >= 11 is 0. The molecule has 0 bridgehead atoms. The molecule has 0 saturated heterocycles. The molecule has 0 aliphatic carbocycles. The van der Waals surface area contributed by atoms with E-state index in [1.807, 2.05) is 60.7 Å². The highest BCUT2D eigenvalue weighted by Crippen LogP contribution is 2.34. The van der Waals surface area contributed by atoms with Crippen molar-refractivity contribution in [3.63, 3.8) is 0 Å². The van der Waals surface area contributed by atoms with Crippen LogP contribution in [0.1, 0.15) is 0 Å². The van der Waals surface area contributed by atoms with Crippen LogP contribution < -0.4 is 31.8 Å². The Morgan fingerprint density at radius 3 is 0.635 bits per heavy atom. The number of hydrogen-bond donors (Lipinski definition) is 2. The highest BCUT2D eigenvalue weighted by Gasteiger charge is 2.16. The van der Waals surface area contributed by atoms with Crippen LogP contribution in [0.2, 0.25) is 0 Å². The third-order valence-corrected chi connectivity index (χ3v) is 13.0. The summed E-state index contributed by atoms with van der Waals surface area (Å²) in [7, 11) is -1.14.